The van der Waals surface area contributed by atoms with Crippen molar-refractivity contribution in [2.45, 2.75) is 25.3 Å². The molecular formula is C12H18N2OS2. The van der Waals surface area contributed by atoms with E-state index in [9.17, 15) is 4.79 Å². The van der Waals surface area contributed by atoms with Crippen molar-refractivity contribution in [2.75, 3.05) is 19.3 Å². The van der Waals surface area contributed by atoms with E-state index in [1.165, 1.54) is 9.75 Å². The Morgan fingerprint density at radius 1 is 1.65 bits per heavy atom. The molecule has 2 rings (SSSR count). The van der Waals surface area contributed by atoms with Crippen LogP contribution in [-0.4, -0.2) is 35.4 Å². The number of hydrogen-bond acceptors (Lipinski definition) is 4. The van der Waals surface area contributed by atoms with Gasteiger partial charge in [-0.1, -0.05) is 6.92 Å². The number of carbonyl (C=O) groups is 1. The van der Waals surface area contributed by atoms with Gasteiger partial charge in [-0.05, 0) is 25.3 Å². The second-order valence-electron chi connectivity index (χ2n) is 4.32. The van der Waals surface area contributed by atoms with Gasteiger partial charge in [0.15, 0.2) is 0 Å². The fourth-order valence-corrected chi connectivity index (χ4v) is 3.23. The summed E-state index contributed by atoms with van der Waals surface area (Å²) in [5.74, 6) is 0.210. The number of carbonyl (C=O) groups excluding carboxylic acids is 1. The van der Waals surface area contributed by atoms with Crippen molar-refractivity contribution in [3.05, 3.63) is 21.9 Å². The molecule has 1 fully saturated rings. The van der Waals surface area contributed by atoms with Crippen LogP contribution in [0.15, 0.2) is 12.1 Å². The van der Waals surface area contributed by atoms with Crippen molar-refractivity contribution in [1.29, 1.82) is 0 Å². The molecule has 0 aliphatic carbocycles. The predicted molar refractivity (Wildman–Crippen MR) is 74.5 cm³/mol. The van der Waals surface area contributed by atoms with Crippen LogP contribution in [0.1, 0.15) is 22.8 Å². The fourth-order valence-electron chi connectivity index (χ4n) is 1.95. The lowest BCUT2D eigenvalue weighted by Crippen LogP contribution is -2.34. The van der Waals surface area contributed by atoms with Crippen molar-refractivity contribution < 1.29 is 4.79 Å². The molecule has 0 aromatic carbocycles. The first-order valence-electron chi connectivity index (χ1n) is 5.74. The van der Waals surface area contributed by atoms with Gasteiger partial charge < -0.3 is 4.90 Å². The maximum Gasteiger partial charge on any atom is 0.238 e. The Balaban J connectivity index is 2.13. The van der Waals surface area contributed by atoms with E-state index in [0.717, 1.165) is 6.54 Å². The lowest BCUT2D eigenvalue weighted by Gasteiger charge is -2.25. The molecule has 1 aliphatic rings. The quantitative estimate of drug-likeness (QED) is 0.910. The minimum atomic E-state index is 0.0794. The Labute approximate surface area is 111 Å². The molecule has 1 saturated heterocycles. The molecular weight excluding hydrogens is 252 g/mol. The summed E-state index contributed by atoms with van der Waals surface area (Å²) >= 11 is 3.56. The van der Waals surface area contributed by atoms with E-state index in [-0.39, 0.29) is 12.1 Å². The van der Waals surface area contributed by atoms with Crippen LogP contribution in [0.25, 0.3) is 0 Å². The minimum absolute atomic E-state index is 0.0794. The smallest absolute Gasteiger partial charge is 0.238 e. The lowest BCUT2D eigenvalue weighted by molar-refractivity contribution is -0.127. The molecule has 0 radical (unpaired) electrons. The zero-order valence-electron chi connectivity index (χ0n) is 10.4. The Hall–Kier alpha value is -0.520. The summed E-state index contributed by atoms with van der Waals surface area (Å²) in [4.78, 5) is 16.4. The molecule has 2 unspecified atom stereocenters. The Kier molecular flexibility index (Phi) is 4.12. The summed E-state index contributed by atoms with van der Waals surface area (Å²) in [5.41, 5.74) is 0. The van der Waals surface area contributed by atoms with Crippen LogP contribution >= 0.6 is 23.1 Å². The molecule has 2 atom stereocenters. The molecule has 1 amide bonds. The van der Waals surface area contributed by atoms with Crippen LogP contribution in [-0.2, 0) is 4.79 Å². The normalized spacial score (nSPS) is 22.2. The van der Waals surface area contributed by atoms with Crippen LogP contribution in [0.2, 0.25) is 0 Å². The van der Waals surface area contributed by atoms with Gasteiger partial charge >= 0.3 is 0 Å². The maximum absolute atomic E-state index is 11.9. The minimum Gasteiger partial charge on any atom is -0.320 e. The van der Waals surface area contributed by atoms with E-state index >= 15 is 0 Å². The van der Waals surface area contributed by atoms with E-state index in [4.69, 9.17) is 0 Å². The van der Waals surface area contributed by atoms with E-state index in [1.807, 2.05) is 4.90 Å². The van der Waals surface area contributed by atoms with Gasteiger partial charge in [-0.25, -0.2) is 0 Å². The number of hydrogen-bond donors (Lipinski definition) is 1. The third-order valence-corrected chi connectivity index (χ3v) is 4.97. The van der Waals surface area contributed by atoms with Crippen LogP contribution in [0.5, 0.6) is 0 Å². The topological polar surface area (TPSA) is 32.3 Å². The Bertz CT molecular complexity index is 405. The van der Waals surface area contributed by atoms with E-state index < -0.39 is 0 Å². The molecule has 5 heteroatoms. The lowest BCUT2D eigenvalue weighted by atomic mass is 10.3. The summed E-state index contributed by atoms with van der Waals surface area (Å²) in [6, 6.07) is 4.23. The number of nitrogens with zero attached hydrogens (tertiary/aromatic N) is 1. The SMILES string of the molecule is CSC(C)CN1C(=O)CNC1c1ccc(C)s1. The number of thiophene rings is 1. The second kappa shape index (κ2) is 5.42. The Morgan fingerprint density at radius 3 is 3.00 bits per heavy atom. The summed E-state index contributed by atoms with van der Waals surface area (Å²) in [6.45, 7) is 5.53. The van der Waals surface area contributed by atoms with E-state index in [2.05, 4.69) is 37.6 Å². The summed E-state index contributed by atoms with van der Waals surface area (Å²) < 4.78 is 0. The van der Waals surface area contributed by atoms with Gasteiger partial charge in [0.05, 0.1) is 6.54 Å². The number of aryl methyl sites for hydroxylation is 1. The standard InChI is InChI=1S/C12H18N2OS2/c1-8-4-5-10(17-8)12-13-6-11(15)14(12)7-9(2)16-3/h4-5,9,12-13H,6-7H2,1-3H3. The predicted octanol–water partition coefficient (Wildman–Crippen LogP) is 2.24. The zero-order chi connectivity index (χ0) is 12.4. The molecule has 2 heterocycles. The van der Waals surface area contributed by atoms with Crippen LogP contribution in [0.4, 0.5) is 0 Å². The zero-order valence-corrected chi connectivity index (χ0v) is 12.0. The first-order valence-corrected chi connectivity index (χ1v) is 7.84. The van der Waals surface area contributed by atoms with Gasteiger partial charge in [0, 0.05) is 21.5 Å². The Morgan fingerprint density at radius 2 is 2.41 bits per heavy atom. The van der Waals surface area contributed by atoms with Crippen molar-refractivity contribution >= 4 is 29.0 Å². The average molecular weight is 270 g/mol. The maximum atomic E-state index is 11.9. The molecule has 3 nitrogen and oxygen atoms in total. The molecule has 1 aromatic rings. The molecule has 17 heavy (non-hydrogen) atoms. The highest BCUT2D eigenvalue weighted by atomic mass is 32.2. The van der Waals surface area contributed by atoms with Crippen molar-refractivity contribution in [3.63, 3.8) is 0 Å². The van der Waals surface area contributed by atoms with Gasteiger partial charge in [0.25, 0.3) is 0 Å². The van der Waals surface area contributed by atoms with Gasteiger partial charge in [-0.2, -0.15) is 11.8 Å². The molecule has 1 N–H and O–H groups in total. The first kappa shape index (κ1) is 12.9. The second-order valence-corrected chi connectivity index (χ2v) is 6.92. The first-order chi connectivity index (χ1) is 8.11. The summed E-state index contributed by atoms with van der Waals surface area (Å²) in [7, 11) is 0. The summed E-state index contributed by atoms with van der Waals surface area (Å²) in [5, 5.41) is 3.77. The number of nitrogens with one attached hydrogen (secondary N) is 1. The fraction of sp³-hybridized carbons (Fsp3) is 0.583. The molecule has 1 aromatic heterocycles. The highest BCUT2D eigenvalue weighted by Gasteiger charge is 2.32. The van der Waals surface area contributed by atoms with Gasteiger partial charge in [0.2, 0.25) is 5.91 Å². The number of thioether (sulfide) groups is 1. The van der Waals surface area contributed by atoms with Crippen LogP contribution in [0, 0.1) is 6.92 Å². The van der Waals surface area contributed by atoms with Crippen LogP contribution in [0.3, 0.4) is 0 Å². The van der Waals surface area contributed by atoms with E-state index in [0.29, 0.717) is 11.8 Å². The molecule has 1 aliphatic heterocycles. The van der Waals surface area contributed by atoms with Gasteiger partial charge in [-0.3, -0.25) is 10.1 Å². The third-order valence-electron chi connectivity index (χ3n) is 2.97. The third kappa shape index (κ3) is 2.84. The molecule has 94 valence electrons. The highest BCUT2D eigenvalue weighted by Crippen LogP contribution is 2.29. The number of amides is 1. The van der Waals surface area contributed by atoms with Crippen molar-refractivity contribution in [2.24, 2.45) is 0 Å². The van der Waals surface area contributed by atoms with Gasteiger partial charge in [0.1, 0.15) is 6.17 Å². The average Bonchev–Trinajstić information content (AvgIpc) is 2.87. The largest absolute Gasteiger partial charge is 0.320 e. The number of rotatable bonds is 4. The van der Waals surface area contributed by atoms with Crippen molar-refractivity contribution in [3.8, 4) is 0 Å². The van der Waals surface area contributed by atoms with Gasteiger partial charge in [-0.15, -0.1) is 11.3 Å². The summed E-state index contributed by atoms with van der Waals surface area (Å²) in [6.07, 6.45) is 2.17. The van der Waals surface area contributed by atoms with Crippen molar-refractivity contribution in [1.82, 2.24) is 10.2 Å². The molecule has 0 spiro atoms. The van der Waals surface area contributed by atoms with Crippen LogP contribution < -0.4 is 5.32 Å². The highest BCUT2D eigenvalue weighted by molar-refractivity contribution is 7.99. The molecule has 0 saturated carbocycles. The molecule has 0 bridgehead atoms. The monoisotopic (exact) mass is 270 g/mol. The van der Waals surface area contributed by atoms with E-state index in [1.54, 1.807) is 23.1 Å².